The van der Waals surface area contributed by atoms with Crippen LogP contribution in [-0.4, -0.2) is 44.7 Å². The lowest BCUT2D eigenvalue weighted by molar-refractivity contribution is 0.102. The molecular weight excluding hydrogens is 468 g/mol. The molecule has 4 aromatic rings. The maximum Gasteiger partial charge on any atom is 0.257 e. The maximum absolute atomic E-state index is 13.0. The Morgan fingerprint density at radius 1 is 1.14 bits per heavy atom. The fourth-order valence-corrected chi connectivity index (χ4v) is 6.05. The minimum Gasteiger partial charge on any atom is -0.399 e. The van der Waals surface area contributed by atoms with Gasteiger partial charge in [0.1, 0.15) is 0 Å². The molecule has 1 atom stereocenters. The van der Waals surface area contributed by atoms with Crippen LogP contribution in [0.5, 0.6) is 0 Å². The van der Waals surface area contributed by atoms with Crippen LogP contribution in [0.2, 0.25) is 0 Å². The van der Waals surface area contributed by atoms with E-state index < -0.39 is 0 Å². The zero-order valence-corrected chi connectivity index (χ0v) is 21.2. The summed E-state index contributed by atoms with van der Waals surface area (Å²) in [5.74, 6) is -0.127. The largest absolute Gasteiger partial charge is 0.399 e. The van der Waals surface area contributed by atoms with Crippen LogP contribution in [0.1, 0.15) is 45.8 Å². The number of rotatable bonds is 7. The van der Waals surface area contributed by atoms with Crippen LogP contribution in [0.15, 0.2) is 60.9 Å². The number of nitrogens with one attached hydrogen (secondary N) is 1. The van der Waals surface area contributed by atoms with Crippen LogP contribution in [0.4, 0.5) is 10.8 Å². The van der Waals surface area contributed by atoms with E-state index in [4.69, 9.17) is 10.7 Å². The van der Waals surface area contributed by atoms with Crippen molar-refractivity contribution < 1.29 is 4.79 Å². The molecule has 0 saturated heterocycles. The number of benzene rings is 2. The minimum absolute atomic E-state index is 0.127. The van der Waals surface area contributed by atoms with E-state index in [2.05, 4.69) is 22.4 Å². The molecule has 1 amide bonds. The Morgan fingerprint density at radius 3 is 2.78 bits per heavy atom. The van der Waals surface area contributed by atoms with E-state index in [-0.39, 0.29) is 5.91 Å². The summed E-state index contributed by atoms with van der Waals surface area (Å²) < 4.78 is 1.88. The van der Waals surface area contributed by atoms with Crippen molar-refractivity contribution in [3.63, 3.8) is 0 Å². The summed E-state index contributed by atoms with van der Waals surface area (Å²) in [6.07, 6.45) is 9.67. The summed E-state index contributed by atoms with van der Waals surface area (Å²) in [5, 5.41) is 8.23. The van der Waals surface area contributed by atoms with Crippen molar-refractivity contribution in [2.45, 2.75) is 50.7 Å². The Kier molecular flexibility index (Phi) is 6.07. The molecule has 7 nitrogen and oxygen atoms in total. The lowest BCUT2D eigenvalue weighted by atomic mass is 9.96. The number of nitrogens with zero attached hydrogens (tertiary/aromatic N) is 4. The Morgan fingerprint density at radius 2 is 1.97 bits per heavy atom. The van der Waals surface area contributed by atoms with Crippen molar-refractivity contribution in [2.24, 2.45) is 0 Å². The fourth-order valence-electron chi connectivity index (χ4n) is 4.98. The molecule has 2 aromatic carbocycles. The predicted octanol–water partition coefficient (Wildman–Crippen LogP) is 4.84. The number of aryl methyl sites for hydroxylation is 1. The lowest BCUT2D eigenvalue weighted by Crippen LogP contribution is -2.37. The van der Waals surface area contributed by atoms with E-state index in [0.29, 0.717) is 23.3 Å². The molecule has 2 aromatic heterocycles. The summed E-state index contributed by atoms with van der Waals surface area (Å²) in [6.45, 7) is 0.581. The number of nitrogens with two attached hydrogens (primary N) is 1. The third-order valence-corrected chi connectivity index (χ3v) is 8.28. The highest BCUT2D eigenvalue weighted by atomic mass is 32.1. The zero-order chi connectivity index (χ0) is 24.6. The van der Waals surface area contributed by atoms with Crippen LogP contribution < -0.4 is 11.1 Å². The van der Waals surface area contributed by atoms with Crippen molar-refractivity contribution in [3.05, 3.63) is 82.6 Å². The minimum atomic E-state index is -0.127. The number of likely N-dealkylation sites (N-methyl/N-ethyl adjacent to an activating group) is 1. The van der Waals surface area contributed by atoms with Gasteiger partial charge in [0.25, 0.3) is 5.91 Å². The molecule has 0 bridgehead atoms. The van der Waals surface area contributed by atoms with E-state index >= 15 is 0 Å². The van der Waals surface area contributed by atoms with Gasteiger partial charge in [0.15, 0.2) is 5.13 Å². The number of nitrogen functional groups attached to an aromatic ring is 1. The van der Waals surface area contributed by atoms with Gasteiger partial charge in [0, 0.05) is 40.0 Å². The van der Waals surface area contributed by atoms with Gasteiger partial charge in [0.2, 0.25) is 0 Å². The SMILES string of the molecule is CN(C1CC1)C1CCc2nc(NC(=O)c3cccc(Cn4cc(-c5ccc(N)cc5)cn4)c3)sc2C1. The number of carbonyl (C=O) groups is 1. The van der Waals surface area contributed by atoms with E-state index in [1.165, 1.54) is 17.7 Å². The van der Waals surface area contributed by atoms with Gasteiger partial charge >= 0.3 is 0 Å². The molecule has 1 unspecified atom stereocenters. The van der Waals surface area contributed by atoms with E-state index in [1.807, 2.05) is 65.6 Å². The predicted molar refractivity (Wildman–Crippen MR) is 144 cm³/mol. The maximum atomic E-state index is 13.0. The van der Waals surface area contributed by atoms with Gasteiger partial charge in [-0.05, 0) is 74.5 Å². The highest BCUT2D eigenvalue weighted by molar-refractivity contribution is 7.15. The number of carbonyl (C=O) groups excluding carboxylic acids is 1. The molecule has 1 saturated carbocycles. The third kappa shape index (κ3) is 4.92. The van der Waals surface area contributed by atoms with Gasteiger partial charge in [-0.3, -0.25) is 14.8 Å². The smallest absolute Gasteiger partial charge is 0.257 e. The molecule has 8 heteroatoms. The van der Waals surface area contributed by atoms with Gasteiger partial charge in [-0.15, -0.1) is 11.3 Å². The number of aromatic nitrogens is 3. The van der Waals surface area contributed by atoms with E-state index in [1.54, 1.807) is 11.3 Å². The number of hydrogen-bond acceptors (Lipinski definition) is 6. The van der Waals surface area contributed by atoms with Crippen molar-refractivity contribution in [3.8, 4) is 11.1 Å². The number of fused-ring (bicyclic) bond motifs is 1. The van der Waals surface area contributed by atoms with Crippen molar-refractivity contribution in [1.82, 2.24) is 19.7 Å². The van der Waals surface area contributed by atoms with Gasteiger partial charge in [-0.1, -0.05) is 24.3 Å². The summed E-state index contributed by atoms with van der Waals surface area (Å²) in [5.41, 5.74) is 11.4. The first-order valence-electron chi connectivity index (χ1n) is 12.5. The monoisotopic (exact) mass is 498 g/mol. The van der Waals surface area contributed by atoms with Gasteiger partial charge < -0.3 is 10.6 Å². The van der Waals surface area contributed by atoms with Gasteiger partial charge in [0.05, 0.1) is 18.4 Å². The standard InChI is InChI=1S/C28H30N6OS/c1-33(23-9-10-23)24-11-12-25-26(14-24)36-28(31-25)32-27(35)20-4-2-3-18(13-20)16-34-17-21(15-30-34)19-5-7-22(29)8-6-19/h2-8,13,15,17,23-24H,9-12,14,16,29H2,1H3,(H,31,32,35). The lowest BCUT2D eigenvalue weighted by Gasteiger charge is -2.30. The first-order valence-corrected chi connectivity index (χ1v) is 13.3. The van der Waals surface area contributed by atoms with Crippen LogP contribution in [0, 0.1) is 0 Å². The molecule has 2 aliphatic carbocycles. The average molecular weight is 499 g/mol. The van der Waals surface area contributed by atoms with Crippen LogP contribution in [-0.2, 0) is 19.4 Å². The zero-order valence-electron chi connectivity index (χ0n) is 20.4. The Bertz CT molecular complexity index is 1390. The molecule has 2 heterocycles. The van der Waals surface area contributed by atoms with Gasteiger partial charge in [-0.2, -0.15) is 5.10 Å². The second-order valence-corrected chi connectivity index (χ2v) is 11.0. The number of thiazole rings is 1. The summed E-state index contributed by atoms with van der Waals surface area (Å²) in [6, 6.07) is 16.8. The summed E-state index contributed by atoms with van der Waals surface area (Å²) in [4.78, 5) is 21.6. The van der Waals surface area contributed by atoms with Crippen molar-refractivity contribution in [2.75, 3.05) is 18.1 Å². The molecule has 0 aliphatic heterocycles. The molecule has 0 spiro atoms. The molecule has 184 valence electrons. The Hall–Kier alpha value is -3.49. The summed E-state index contributed by atoms with van der Waals surface area (Å²) in [7, 11) is 2.26. The van der Waals surface area contributed by atoms with Crippen molar-refractivity contribution >= 4 is 28.1 Å². The van der Waals surface area contributed by atoms with E-state index in [9.17, 15) is 4.79 Å². The average Bonchev–Trinajstić information content (AvgIpc) is 3.50. The normalized spacial score (nSPS) is 17.2. The van der Waals surface area contributed by atoms with Crippen LogP contribution in [0.25, 0.3) is 11.1 Å². The quantitative estimate of drug-likeness (QED) is 0.356. The first-order chi connectivity index (χ1) is 17.5. The van der Waals surface area contributed by atoms with Crippen LogP contribution >= 0.6 is 11.3 Å². The molecular formula is C28H30N6OS. The molecule has 0 radical (unpaired) electrons. The molecule has 36 heavy (non-hydrogen) atoms. The number of hydrogen-bond donors (Lipinski definition) is 2. The Labute approximate surface area is 215 Å². The van der Waals surface area contributed by atoms with E-state index in [0.717, 1.165) is 53.4 Å². The topological polar surface area (TPSA) is 89.1 Å². The van der Waals surface area contributed by atoms with Gasteiger partial charge in [-0.25, -0.2) is 4.98 Å². The van der Waals surface area contributed by atoms with Crippen molar-refractivity contribution in [1.29, 1.82) is 0 Å². The first kappa shape index (κ1) is 22.9. The highest BCUT2D eigenvalue weighted by Crippen LogP contribution is 2.35. The Balaban J connectivity index is 1.11. The number of amides is 1. The fraction of sp³-hybridized carbons (Fsp3) is 0.321. The second kappa shape index (κ2) is 9.52. The summed E-state index contributed by atoms with van der Waals surface area (Å²) >= 11 is 1.63. The number of anilines is 2. The third-order valence-electron chi connectivity index (χ3n) is 7.24. The van der Waals surface area contributed by atoms with Crippen LogP contribution in [0.3, 0.4) is 0 Å². The molecule has 1 fully saturated rings. The highest BCUT2D eigenvalue weighted by Gasteiger charge is 2.33. The molecule has 3 N–H and O–H groups in total. The molecule has 6 rings (SSSR count). The second-order valence-electron chi connectivity index (χ2n) is 9.89. The molecule has 2 aliphatic rings.